The quantitative estimate of drug-likeness (QED) is 0.868. The molecule has 17 heavy (non-hydrogen) atoms. The van der Waals surface area contributed by atoms with E-state index < -0.39 is 0 Å². The Morgan fingerprint density at radius 2 is 2.35 bits per heavy atom. The number of nitrogens with zero attached hydrogens (tertiary/aromatic N) is 1. The summed E-state index contributed by atoms with van der Waals surface area (Å²) in [4.78, 5) is 4.23. The number of aromatic nitrogens is 1. The summed E-state index contributed by atoms with van der Waals surface area (Å²) in [7, 11) is 0. The molecule has 0 radical (unpaired) electrons. The van der Waals surface area contributed by atoms with Gasteiger partial charge in [0.05, 0.1) is 12.8 Å². The van der Waals surface area contributed by atoms with E-state index in [1.54, 1.807) is 6.20 Å². The zero-order chi connectivity index (χ0) is 12.1. The molecule has 3 heteroatoms. The van der Waals surface area contributed by atoms with Gasteiger partial charge in [-0.15, -0.1) is 0 Å². The van der Waals surface area contributed by atoms with Crippen LogP contribution in [0.15, 0.2) is 24.5 Å². The van der Waals surface area contributed by atoms with Gasteiger partial charge in [0.25, 0.3) is 0 Å². The number of rotatable bonds is 4. The average Bonchev–Trinajstić information content (AvgIpc) is 2.37. The fraction of sp³-hybridized carbons (Fsp3) is 0.500. The Hall–Kier alpha value is -1.35. The van der Waals surface area contributed by atoms with E-state index in [2.05, 4.69) is 24.1 Å². The van der Waals surface area contributed by atoms with Crippen LogP contribution in [0.2, 0.25) is 0 Å². The Bertz CT molecular complexity index is 401. The van der Waals surface area contributed by atoms with Crippen molar-refractivity contribution in [2.45, 2.75) is 38.6 Å². The molecule has 1 aromatic heterocycles. The van der Waals surface area contributed by atoms with E-state index in [1.165, 1.54) is 11.1 Å². The molecule has 0 aliphatic heterocycles. The number of hydrogen-bond acceptors (Lipinski definition) is 3. The number of ether oxygens (including phenoxy) is 1. The Balaban J connectivity index is 2.10. The minimum atomic E-state index is 0.325. The molecule has 0 amide bonds. The van der Waals surface area contributed by atoms with Crippen LogP contribution >= 0.6 is 0 Å². The third-order valence-electron chi connectivity index (χ3n) is 3.01. The normalized spacial score (nSPS) is 19.9. The van der Waals surface area contributed by atoms with Crippen LogP contribution < -0.4 is 10.5 Å². The Labute approximate surface area is 103 Å². The fourth-order valence-corrected chi connectivity index (χ4v) is 2.01. The molecular weight excluding hydrogens is 212 g/mol. The van der Waals surface area contributed by atoms with Crippen LogP contribution in [0.1, 0.15) is 38.2 Å². The molecule has 0 saturated heterocycles. The smallest absolute Gasteiger partial charge is 0.138 e. The molecule has 0 aromatic carbocycles. The molecule has 2 N–H and O–H groups in total. The molecule has 1 aromatic rings. The Morgan fingerprint density at radius 3 is 3.06 bits per heavy atom. The maximum atomic E-state index is 5.89. The van der Waals surface area contributed by atoms with E-state index in [0.717, 1.165) is 38.0 Å². The van der Waals surface area contributed by atoms with Gasteiger partial charge in [-0.3, -0.25) is 4.98 Å². The van der Waals surface area contributed by atoms with E-state index >= 15 is 0 Å². The van der Waals surface area contributed by atoms with Crippen LogP contribution in [0.5, 0.6) is 5.75 Å². The van der Waals surface area contributed by atoms with Crippen molar-refractivity contribution in [3.05, 3.63) is 30.1 Å². The van der Waals surface area contributed by atoms with Gasteiger partial charge in [-0.2, -0.15) is 0 Å². The highest BCUT2D eigenvalue weighted by Gasteiger charge is 2.12. The summed E-state index contributed by atoms with van der Waals surface area (Å²) in [5.41, 5.74) is 8.41. The second-order valence-electron chi connectivity index (χ2n) is 4.52. The van der Waals surface area contributed by atoms with Gasteiger partial charge in [0.2, 0.25) is 0 Å². The maximum absolute atomic E-state index is 5.89. The maximum Gasteiger partial charge on any atom is 0.138 e. The second kappa shape index (κ2) is 5.82. The fourth-order valence-electron chi connectivity index (χ4n) is 2.01. The monoisotopic (exact) mass is 232 g/mol. The summed E-state index contributed by atoms with van der Waals surface area (Å²) in [6.45, 7) is 2.84. The summed E-state index contributed by atoms with van der Waals surface area (Å²) in [6.07, 6.45) is 9.99. The molecular formula is C14H20N2O. The van der Waals surface area contributed by atoms with Crippen molar-refractivity contribution >= 4 is 5.57 Å². The molecule has 1 unspecified atom stereocenters. The van der Waals surface area contributed by atoms with Crippen LogP contribution in [0.3, 0.4) is 0 Å². The zero-order valence-corrected chi connectivity index (χ0v) is 10.4. The SMILES string of the molecule is CCCOc1cncc(C2=CCC(N)CC2)c1. The lowest BCUT2D eigenvalue weighted by molar-refractivity contribution is 0.316. The van der Waals surface area contributed by atoms with E-state index in [0.29, 0.717) is 6.04 Å². The van der Waals surface area contributed by atoms with Crippen molar-refractivity contribution in [2.75, 3.05) is 6.61 Å². The minimum absolute atomic E-state index is 0.325. The molecule has 1 atom stereocenters. The van der Waals surface area contributed by atoms with Crippen molar-refractivity contribution in [3.63, 3.8) is 0 Å². The molecule has 0 fully saturated rings. The lowest BCUT2D eigenvalue weighted by atomic mass is 9.92. The van der Waals surface area contributed by atoms with Crippen LogP contribution in [-0.2, 0) is 0 Å². The summed E-state index contributed by atoms with van der Waals surface area (Å²) < 4.78 is 5.59. The van der Waals surface area contributed by atoms with Crippen molar-refractivity contribution in [1.82, 2.24) is 4.98 Å². The van der Waals surface area contributed by atoms with E-state index in [-0.39, 0.29) is 0 Å². The van der Waals surface area contributed by atoms with Crippen molar-refractivity contribution < 1.29 is 4.74 Å². The molecule has 1 aliphatic carbocycles. The molecule has 3 nitrogen and oxygen atoms in total. The molecule has 0 saturated carbocycles. The molecule has 1 heterocycles. The van der Waals surface area contributed by atoms with Gasteiger partial charge >= 0.3 is 0 Å². The number of hydrogen-bond donors (Lipinski definition) is 1. The van der Waals surface area contributed by atoms with Crippen molar-refractivity contribution in [2.24, 2.45) is 5.73 Å². The highest BCUT2D eigenvalue weighted by Crippen LogP contribution is 2.27. The van der Waals surface area contributed by atoms with E-state index in [1.807, 2.05) is 6.20 Å². The first-order valence-electron chi connectivity index (χ1n) is 6.32. The van der Waals surface area contributed by atoms with Crippen molar-refractivity contribution in [1.29, 1.82) is 0 Å². The predicted molar refractivity (Wildman–Crippen MR) is 69.8 cm³/mol. The molecule has 0 spiro atoms. The minimum Gasteiger partial charge on any atom is -0.492 e. The van der Waals surface area contributed by atoms with Crippen LogP contribution in [0.4, 0.5) is 0 Å². The summed E-state index contributed by atoms with van der Waals surface area (Å²) >= 11 is 0. The van der Waals surface area contributed by atoms with Crippen molar-refractivity contribution in [3.8, 4) is 5.75 Å². The van der Waals surface area contributed by atoms with Crippen LogP contribution in [0.25, 0.3) is 5.57 Å². The second-order valence-corrected chi connectivity index (χ2v) is 4.52. The van der Waals surface area contributed by atoms with Gasteiger partial charge in [0.15, 0.2) is 0 Å². The van der Waals surface area contributed by atoms with Gasteiger partial charge in [-0.05, 0) is 42.9 Å². The highest BCUT2D eigenvalue weighted by molar-refractivity contribution is 5.66. The Kier molecular flexibility index (Phi) is 4.15. The van der Waals surface area contributed by atoms with Gasteiger partial charge in [0, 0.05) is 12.2 Å². The third kappa shape index (κ3) is 3.30. The Morgan fingerprint density at radius 1 is 1.47 bits per heavy atom. The zero-order valence-electron chi connectivity index (χ0n) is 10.4. The van der Waals surface area contributed by atoms with Gasteiger partial charge < -0.3 is 10.5 Å². The first-order valence-corrected chi connectivity index (χ1v) is 6.32. The van der Waals surface area contributed by atoms with E-state index in [9.17, 15) is 0 Å². The summed E-state index contributed by atoms with van der Waals surface area (Å²) in [5, 5.41) is 0. The molecule has 1 aliphatic rings. The summed E-state index contributed by atoms with van der Waals surface area (Å²) in [6, 6.07) is 2.40. The first kappa shape index (κ1) is 12.1. The van der Waals surface area contributed by atoms with Gasteiger partial charge in [-0.25, -0.2) is 0 Å². The molecule has 92 valence electrons. The van der Waals surface area contributed by atoms with Gasteiger partial charge in [0.1, 0.15) is 5.75 Å². The molecule has 0 bridgehead atoms. The van der Waals surface area contributed by atoms with Crippen LogP contribution in [0, 0.1) is 0 Å². The number of allylic oxidation sites excluding steroid dienone is 1. The van der Waals surface area contributed by atoms with Crippen LogP contribution in [-0.4, -0.2) is 17.6 Å². The number of nitrogens with two attached hydrogens (primary N) is 1. The lowest BCUT2D eigenvalue weighted by Crippen LogP contribution is -2.21. The van der Waals surface area contributed by atoms with Gasteiger partial charge in [-0.1, -0.05) is 13.0 Å². The topological polar surface area (TPSA) is 48.1 Å². The number of pyridine rings is 1. The van der Waals surface area contributed by atoms with E-state index in [4.69, 9.17) is 10.5 Å². The lowest BCUT2D eigenvalue weighted by Gasteiger charge is -2.18. The highest BCUT2D eigenvalue weighted by atomic mass is 16.5. The summed E-state index contributed by atoms with van der Waals surface area (Å²) in [5.74, 6) is 0.861. The average molecular weight is 232 g/mol. The largest absolute Gasteiger partial charge is 0.492 e. The third-order valence-corrected chi connectivity index (χ3v) is 3.01. The first-order chi connectivity index (χ1) is 8.29. The molecule has 2 rings (SSSR count). The standard InChI is InChI=1S/C14H20N2O/c1-2-7-17-14-8-12(9-16-10-14)11-3-5-13(15)6-4-11/h3,8-10,13H,2,4-7,15H2,1H3. The predicted octanol–water partition coefficient (Wildman–Crippen LogP) is 2.77.